The monoisotopic (exact) mass is 197 g/mol. The molecule has 1 aromatic carbocycles. The van der Waals surface area contributed by atoms with Crippen molar-refractivity contribution < 1.29 is 12.4 Å². The molecule has 0 bridgehead atoms. The average molecular weight is 198 g/mol. The first-order chi connectivity index (χ1) is 5.67. The second-order valence-corrected chi connectivity index (χ2v) is 3.49. The Morgan fingerprint density at radius 1 is 1.23 bits per heavy atom. The van der Waals surface area contributed by atoms with E-state index in [1.165, 1.54) is 5.69 Å². The highest BCUT2D eigenvalue weighted by Crippen LogP contribution is 2.17. The van der Waals surface area contributed by atoms with Gasteiger partial charge in [-0.3, -0.25) is 4.48 Å². The Morgan fingerprint density at radius 2 is 1.77 bits per heavy atom. The molecule has 1 nitrogen and oxygen atoms in total. The highest BCUT2D eigenvalue weighted by Gasteiger charge is 2.15. The van der Waals surface area contributed by atoms with E-state index in [4.69, 9.17) is 0 Å². The van der Waals surface area contributed by atoms with Crippen molar-refractivity contribution in [3.63, 3.8) is 0 Å². The molecule has 0 unspecified atom stereocenters. The summed E-state index contributed by atoms with van der Waals surface area (Å²) in [6.07, 6.45) is 1.95. The van der Waals surface area contributed by atoms with Crippen molar-refractivity contribution in [3.05, 3.63) is 43.0 Å². The molecular weight excluding hydrogens is 182 g/mol. The van der Waals surface area contributed by atoms with Crippen molar-refractivity contribution in [1.82, 2.24) is 4.48 Å². The van der Waals surface area contributed by atoms with Crippen LogP contribution in [0, 0.1) is 0 Å². The number of para-hydroxylation sites is 1. The van der Waals surface area contributed by atoms with E-state index in [1.54, 1.807) is 0 Å². The van der Waals surface area contributed by atoms with Gasteiger partial charge in [0.1, 0.15) is 12.2 Å². The third kappa shape index (κ3) is 3.21. The van der Waals surface area contributed by atoms with E-state index < -0.39 is 0 Å². The van der Waals surface area contributed by atoms with Crippen LogP contribution in [0.15, 0.2) is 43.0 Å². The molecule has 0 aliphatic carbocycles. The topological polar surface area (TPSA) is 0 Å². The molecule has 0 N–H and O–H groups in total. The minimum absolute atomic E-state index is 0. The molecule has 13 heavy (non-hydrogen) atoms. The summed E-state index contributed by atoms with van der Waals surface area (Å²) in [6.45, 7) is 4.72. The summed E-state index contributed by atoms with van der Waals surface area (Å²) >= 11 is 0. The summed E-state index contributed by atoms with van der Waals surface area (Å²) < 4.78 is 0.865. The quantitative estimate of drug-likeness (QED) is 0.451. The normalized spacial score (nSPS) is 10.3. The van der Waals surface area contributed by atoms with Gasteiger partial charge < -0.3 is 12.4 Å². The minimum atomic E-state index is 0. The van der Waals surface area contributed by atoms with Crippen molar-refractivity contribution in [1.29, 1.82) is 0 Å². The maximum absolute atomic E-state index is 3.76. The van der Waals surface area contributed by atoms with Crippen LogP contribution in [0.3, 0.4) is 0 Å². The van der Waals surface area contributed by atoms with Gasteiger partial charge in [0.25, 0.3) is 0 Å². The second-order valence-electron chi connectivity index (χ2n) is 3.49. The fourth-order valence-electron chi connectivity index (χ4n) is 1.26. The van der Waals surface area contributed by atoms with Crippen molar-refractivity contribution in [2.24, 2.45) is 0 Å². The Morgan fingerprint density at radius 3 is 2.23 bits per heavy atom. The molecule has 0 aromatic heterocycles. The van der Waals surface area contributed by atoms with Gasteiger partial charge in [-0.05, 0) is 18.2 Å². The molecule has 1 rings (SSSR count). The van der Waals surface area contributed by atoms with Crippen molar-refractivity contribution >= 4 is 5.69 Å². The first-order valence-corrected chi connectivity index (χ1v) is 4.16. The fraction of sp³-hybridized carbons (Fsp3) is 0.273. The van der Waals surface area contributed by atoms with E-state index in [9.17, 15) is 0 Å². The lowest BCUT2D eigenvalue weighted by Crippen LogP contribution is -3.00. The molecule has 0 radical (unpaired) electrons. The van der Waals surface area contributed by atoms with Crippen LogP contribution < -0.4 is 16.9 Å². The van der Waals surface area contributed by atoms with Crippen LogP contribution in [0.4, 0.5) is 5.69 Å². The lowest BCUT2D eigenvalue weighted by Gasteiger charge is -2.27. The Bertz CT molecular complexity index is 254. The average Bonchev–Trinajstić information content (AvgIpc) is 2.06. The highest BCUT2D eigenvalue weighted by molar-refractivity contribution is 5.41. The van der Waals surface area contributed by atoms with Crippen LogP contribution in [0.5, 0.6) is 0 Å². The zero-order chi connectivity index (χ0) is 9.03. The van der Waals surface area contributed by atoms with Crippen molar-refractivity contribution in [3.8, 4) is 0 Å². The molecule has 0 amide bonds. The van der Waals surface area contributed by atoms with E-state index in [0.717, 1.165) is 11.0 Å². The van der Waals surface area contributed by atoms with E-state index in [1.807, 2.05) is 12.1 Å². The van der Waals surface area contributed by atoms with Crippen LogP contribution in [0.2, 0.25) is 0 Å². The second kappa shape index (κ2) is 5.05. The SMILES string of the molecule is C=CC[N+](C)(C)c1ccccc1.[Cl-]. The van der Waals surface area contributed by atoms with Gasteiger partial charge in [0, 0.05) is 0 Å². The van der Waals surface area contributed by atoms with Gasteiger partial charge in [-0.25, -0.2) is 0 Å². The number of halogens is 1. The third-order valence-corrected chi connectivity index (χ3v) is 2.04. The number of rotatable bonds is 3. The third-order valence-electron chi connectivity index (χ3n) is 2.04. The summed E-state index contributed by atoms with van der Waals surface area (Å²) in [4.78, 5) is 0. The lowest BCUT2D eigenvalue weighted by atomic mass is 10.2. The standard InChI is InChI=1S/C11H16N.ClH/c1-4-10-12(2,3)11-8-6-5-7-9-11;/h4-9H,1,10H2,2-3H3;1H/q+1;/p-1. The summed E-state index contributed by atoms with van der Waals surface area (Å²) in [7, 11) is 4.36. The Balaban J connectivity index is 0.00000144. The van der Waals surface area contributed by atoms with Gasteiger partial charge in [0.05, 0.1) is 14.1 Å². The highest BCUT2D eigenvalue weighted by atomic mass is 35.5. The summed E-state index contributed by atoms with van der Waals surface area (Å²) in [5.41, 5.74) is 1.32. The van der Waals surface area contributed by atoms with Crippen LogP contribution >= 0.6 is 0 Å². The van der Waals surface area contributed by atoms with E-state index in [0.29, 0.717) is 0 Å². The minimum Gasteiger partial charge on any atom is -1.00 e. The van der Waals surface area contributed by atoms with E-state index in [2.05, 4.69) is 44.9 Å². The molecule has 72 valence electrons. The van der Waals surface area contributed by atoms with E-state index in [-0.39, 0.29) is 12.4 Å². The molecule has 0 spiro atoms. The van der Waals surface area contributed by atoms with Gasteiger partial charge in [0.2, 0.25) is 0 Å². The lowest BCUT2D eigenvalue weighted by molar-refractivity contribution is -0.00000267. The molecule has 1 aromatic rings. The molecule has 0 saturated carbocycles. The zero-order valence-electron chi connectivity index (χ0n) is 8.20. The van der Waals surface area contributed by atoms with Gasteiger partial charge in [0.15, 0.2) is 0 Å². The number of hydrogen-bond acceptors (Lipinski definition) is 0. The molecule has 0 fully saturated rings. The van der Waals surface area contributed by atoms with Crippen LogP contribution in [0.25, 0.3) is 0 Å². The molecular formula is C11H16ClN. The van der Waals surface area contributed by atoms with Crippen LogP contribution in [-0.2, 0) is 0 Å². The molecule has 0 atom stereocenters. The smallest absolute Gasteiger partial charge is 0.132 e. The summed E-state index contributed by atoms with van der Waals surface area (Å²) in [5.74, 6) is 0. The predicted molar refractivity (Wildman–Crippen MR) is 55.1 cm³/mol. The largest absolute Gasteiger partial charge is 1.00 e. The van der Waals surface area contributed by atoms with Gasteiger partial charge in [-0.2, -0.15) is 0 Å². The van der Waals surface area contributed by atoms with Crippen LogP contribution in [0.1, 0.15) is 0 Å². The van der Waals surface area contributed by atoms with E-state index >= 15 is 0 Å². The number of likely N-dealkylation sites (N-methyl/N-ethyl adjacent to an activating group) is 1. The maximum Gasteiger partial charge on any atom is 0.132 e. The van der Waals surface area contributed by atoms with Crippen LogP contribution in [-0.4, -0.2) is 20.6 Å². The van der Waals surface area contributed by atoms with Gasteiger partial charge in [-0.1, -0.05) is 24.8 Å². The molecule has 0 aliphatic heterocycles. The summed E-state index contributed by atoms with van der Waals surface area (Å²) in [6, 6.07) is 10.5. The van der Waals surface area contributed by atoms with Crippen molar-refractivity contribution in [2.45, 2.75) is 0 Å². The van der Waals surface area contributed by atoms with Crippen molar-refractivity contribution in [2.75, 3.05) is 20.6 Å². The maximum atomic E-state index is 3.76. The number of nitrogens with zero attached hydrogens (tertiary/aromatic N) is 1. The first-order valence-electron chi connectivity index (χ1n) is 4.16. The number of hydrogen-bond donors (Lipinski definition) is 0. The fourth-order valence-corrected chi connectivity index (χ4v) is 1.26. The Hall–Kier alpha value is -0.790. The Kier molecular flexibility index (Phi) is 4.74. The Labute approximate surface area is 86.7 Å². The van der Waals surface area contributed by atoms with Gasteiger partial charge in [-0.15, -0.1) is 0 Å². The molecule has 0 aliphatic rings. The molecule has 2 heteroatoms. The number of quaternary nitrogens is 1. The molecule has 0 heterocycles. The summed E-state index contributed by atoms with van der Waals surface area (Å²) in [5, 5.41) is 0. The van der Waals surface area contributed by atoms with Gasteiger partial charge >= 0.3 is 0 Å². The predicted octanol–water partition coefficient (Wildman–Crippen LogP) is -0.556. The first kappa shape index (κ1) is 12.2. The number of benzene rings is 1. The molecule has 0 saturated heterocycles. The zero-order valence-corrected chi connectivity index (χ0v) is 8.96.